The molecule has 1 saturated heterocycles. The molecule has 7 heteroatoms. The van der Waals surface area contributed by atoms with Crippen LogP contribution in [0.1, 0.15) is 31.2 Å². The van der Waals surface area contributed by atoms with Gasteiger partial charge in [0.1, 0.15) is 0 Å². The first-order chi connectivity index (χ1) is 10.3. The van der Waals surface area contributed by atoms with E-state index in [9.17, 15) is 22.8 Å². The summed E-state index contributed by atoms with van der Waals surface area (Å²) in [5, 5.41) is -0.0339. The number of benzene rings is 1. The lowest BCUT2D eigenvalue weighted by molar-refractivity contribution is -0.137. The van der Waals surface area contributed by atoms with Crippen molar-refractivity contribution in [2.45, 2.75) is 31.9 Å². The SMILES string of the molecule is O=C1[C@H]2CCCC[C@@H]2C(=O)N1c1cc(C(F)(F)F)ccc1Cl. The molecule has 0 radical (unpaired) electrons. The number of carbonyl (C=O) groups is 2. The van der Waals surface area contributed by atoms with Crippen molar-refractivity contribution in [3.05, 3.63) is 28.8 Å². The van der Waals surface area contributed by atoms with Gasteiger partial charge < -0.3 is 0 Å². The lowest BCUT2D eigenvalue weighted by atomic mass is 9.81. The zero-order chi connectivity index (χ0) is 16.1. The van der Waals surface area contributed by atoms with Gasteiger partial charge >= 0.3 is 6.18 Å². The highest BCUT2D eigenvalue weighted by Gasteiger charge is 2.49. The molecule has 118 valence electrons. The molecule has 1 aliphatic carbocycles. The average molecular weight is 332 g/mol. The third-order valence-corrected chi connectivity index (χ3v) is 4.68. The van der Waals surface area contributed by atoms with Crippen molar-refractivity contribution in [1.29, 1.82) is 0 Å². The first kappa shape index (κ1) is 15.3. The van der Waals surface area contributed by atoms with Crippen LogP contribution in [0, 0.1) is 11.8 Å². The van der Waals surface area contributed by atoms with Crippen molar-refractivity contribution in [2.75, 3.05) is 4.90 Å². The van der Waals surface area contributed by atoms with Gasteiger partial charge in [-0.25, -0.2) is 4.90 Å². The molecule has 3 rings (SSSR count). The Balaban J connectivity index is 2.03. The van der Waals surface area contributed by atoms with Crippen molar-refractivity contribution < 1.29 is 22.8 Å². The minimum atomic E-state index is -4.56. The summed E-state index contributed by atoms with van der Waals surface area (Å²) in [5.41, 5.74) is -1.09. The molecule has 1 saturated carbocycles. The minimum Gasteiger partial charge on any atom is -0.274 e. The molecule has 3 nitrogen and oxygen atoms in total. The van der Waals surface area contributed by atoms with Crippen LogP contribution in [0.5, 0.6) is 0 Å². The predicted octanol–water partition coefficient (Wildman–Crippen LogP) is 4.04. The third-order valence-electron chi connectivity index (χ3n) is 4.36. The van der Waals surface area contributed by atoms with Gasteiger partial charge in [-0.2, -0.15) is 13.2 Å². The monoisotopic (exact) mass is 331 g/mol. The third kappa shape index (κ3) is 2.39. The molecule has 0 bridgehead atoms. The Kier molecular flexibility index (Phi) is 3.67. The van der Waals surface area contributed by atoms with Gasteiger partial charge in [0.2, 0.25) is 11.8 Å². The number of nitrogens with zero attached hydrogens (tertiary/aromatic N) is 1. The van der Waals surface area contributed by atoms with E-state index < -0.39 is 35.4 Å². The fourth-order valence-corrected chi connectivity index (χ4v) is 3.46. The van der Waals surface area contributed by atoms with Crippen molar-refractivity contribution in [2.24, 2.45) is 11.8 Å². The summed E-state index contributed by atoms with van der Waals surface area (Å²) in [6.45, 7) is 0. The second kappa shape index (κ2) is 5.26. The Hall–Kier alpha value is -1.56. The minimum absolute atomic E-state index is 0.0339. The summed E-state index contributed by atoms with van der Waals surface area (Å²) in [7, 11) is 0. The summed E-state index contributed by atoms with van der Waals surface area (Å²) in [6, 6.07) is 2.68. The van der Waals surface area contributed by atoms with Crippen LogP contribution in [0.3, 0.4) is 0 Å². The molecule has 2 aliphatic rings. The molecule has 0 spiro atoms. The van der Waals surface area contributed by atoms with E-state index in [2.05, 4.69) is 0 Å². The Bertz CT molecular complexity index is 620. The van der Waals surface area contributed by atoms with E-state index in [0.717, 1.165) is 35.9 Å². The molecular weight excluding hydrogens is 319 g/mol. The van der Waals surface area contributed by atoms with Gasteiger partial charge in [0.05, 0.1) is 28.1 Å². The number of amides is 2. The van der Waals surface area contributed by atoms with E-state index in [0.29, 0.717) is 12.8 Å². The number of carbonyl (C=O) groups excluding carboxylic acids is 2. The highest BCUT2D eigenvalue weighted by molar-refractivity contribution is 6.36. The van der Waals surface area contributed by atoms with Crippen LogP contribution < -0.4 is 4.90 Å². The second-order valence-corrected chi connectivity index (χ2v) is 6.08. The van der Waals surface area contributed by atoms with Crippen molar-refractivity contribution in [3.8, 4) is 0 Å². The fraction of sp³-hybridized carbons (Fsp3) is 0.467. The molecule has 2 fully saturated rings. The van der Waals surface area contributed by atoms with Crippen LogP contribution in [-0.4, -0.2) is 11.8 Å². The summed E-state index contributed by atoms with van der Waals surface area (Å²) >= 11 is 5.94. The van der Waals surface area contributed by atoms with E-state index in [-0.39, 0.29) is 10.7 Å². The first-order valence-corrected chi connectivity index (χ1v) is 7.43. The highest BCUT2D eigenvalue weighted by Crippen LogP contribution is 2.43. The fourth-order valence-electron chi connectivity index (χ4n) is 3.26. The van der Waals surface area contributed by atoms with Crippen molar-refractivity contribution in [1.82, 2.24) is 0 Å². The molecule has 0 unspecified atom stereocenters. The molecule has 2 atom stereocenters. The molecule has 1 aromatic carbocycles. The largest absolute Gasteiger partial charge is 0.416 e. The Morgan fingerprint density at radius 2 is 1.59 bits per heavy atom. The van der Waals surface area contributed by atoms with Gasteiger partial charge in [0.15, 0.2) is 0 Å². The molecule has 2 amide bonds. The van der Waals surface area contributed by atoms with Crippen LogP contribution in [0.4, 0.5) is 18.9 Å². The van der Waals surface area contributed by atoms with Gasteiger partial charge in [-0.15, -0.1) is 0 Å². The maximum atomic E-state index is 12.8. The molecular formula is C15H13ClF3NO2. The molecule has 0 N–H and O–H groups in total. The number of alkyl halides is 3. The van der Waals surface area contributed by atoms with Gasteiger partial charge in [-0.1, -0.05) is 24.4 Å². The topological polar surface area (TPSA) is 37.4 Å². The first-order valence-electron chi connectivity index (χ1n) is 7.05. The average Bonchev–Trinajstić information content (AvgIpc) is 2.71. The number of hydrogen-bond acceptors (Lipinski definition) is 2. The van der Waals surface area contributed by atoms with Crippen molar-refractivity contribution >= 4 is 29.1 Å². The van der Waals surface area contributed by atoms with Gasteiger partial charge in [0, 0.05) is 0 Å². The molecule has 1 aliphatic heterocycles. The van der Waals surface area contributed by atoms with Gasteiger partial charge in [0.25, 0.3) is 0 Å². The van der Waals surface area contributed by atoms with E-state index in [1.54, 1.807) is 0 Å². The highest BCUT2D eigenvalue weighted by atomic mass is 35.5. The van der Waals surface area contributed by atoms with E-state index in [1.165, 1.54) is 0 Å². The predicted molar refractivity (Wildman–Crippen MR) is 74.4 cm³/mol. The zero-order valence-electron chi connectivity index (χ0n) is 11.5. The Morgan fingerprint density at radius 1 is 1.05 bits per heavy atom. The van der Waals surface area contributed by atoms with Crippen LogP contribution in [0.15, 0.2) is 18.2 Å². The van der Waals surface area contributed by atoms with Crippen LogP contribution in [-0.2, 0) is 15.8 Å². The number of anilines is 1. The molecule has 1 aromatic rings. The Morgan fingerprint density at radius 3 is 2.09 bits per heavy atom. The summed E-state index contributed by atoms with van der Waals surface area (Å²) in [6.07, 6.45) is -1.66. The number of hydrogen-bond donors (Lipinski definition) is 0. The molecule has 1 heterocycles. The molecule has 0 aromatic heterocycles. The number of imide groups is 1. The van der Waals surface area contributed by atoms with Crippen LogP contribution >= 0.6 is 11.6 Å². The van der Waals surface area contributed by atoms with Crippen LogP contribution in [0.25, 0.3) is 0 Å². The second-order valence-electron chi connectivity index (χ2n) is 5.67. The van der Waals surface area contributed by atoms with E-state index in [4.69, 9.17) is 11.6 Å². The maximum Gasteiger partial charge on any atom is 0.416 e. The summed E-state index contributed by atoms with van der Waals surface area (Å²) in [5.74, 6) is -1.72. The lowest BCUT2D eigenvalue weighted by Crippen LogP contribution is -2.31. The zero-order valence-corrected chi connectivity index (χ0v) is 12.2. The summed E-state index contributed by atoms with van der Waals surface area (Å²) < 4.78 is 38.5. The quantitative estimate of drug-likeness (QED) is 0.728. The summed E-state index contributed by atoms with van der Waals surface area (Å²) in [4.78, 5) is 25.7. The van der Waals surface area contributed by atoms with Gasteiger partial charge in [-0.05, 0) is 31.0 Å². The van der Waals surface area contributed by atoms with Crippen molar-refractivity contribution in [3.63, 3.8) is 0 Å². The number of rotatable bonds is 1. The smallest absolute Gasteiger partial charge is 0.274 e. The van der Waals surface area contributed by atoms with Gasteiger partial charge in [-0.3, -0.25) is 9.59 Å². The van der Waals surface area contributed by atoms with E-state index in [1.807, 2.05) is 0 Å². The normalized spacial score (nSPS) is 25.5. The maximum absolute atomic E-state index is 12.8. The number of halogens is 4. The number of fused-ring (bicyclic) bond motifs is 1. The Labute approximate surface area is 130 Å². The lowest BCUT2D eigenvalue weighted by Gasteiger charge is -2.19. The van der Waals surface area contributed by atoms with E-state index >= 15 is 0 Å². The standard InChI is InChI=1S/C15H13ClF3NO2/c16-11-6-5-8(15(17,18)19)7-12(11)20-13(21)9-3-1-2-4-10(9)14(20)22/h5-7,9-10H,1-4H2/t9-,10-/m0/s1. The van der Waals surface area contributed by atoms with Crippen LogP contribution in [0.2, 0.25) is 5.02 Å². The molecule has 22 heavy (non-hydrogen) atoms.